The second-order valence-corrected chi connectivity index (χ2v) is 5.68. The van der Waals surface area contributed by atoms with Crippen LogP contribution in [0.1, 0.15) is 4.88 Å². The summed E-state index contributed by atoms with van der Waals surface area (Å²) in [5.74, 6) is 1.76. The molecule has 0 saturated carbocycles. The van der Waals surface area contributed by atoms with Gasteiger partial charge in [0, 0.05) is 4.88 Å². The lowest BCUT2D eigenvalue weighted by Crippen LogP contribution is -1.69. The lowest BCUT2D eigenvalue weighted by Gasteiger charge is -1.91. The Morgan fingerprint density at radius 2 is 1.82 bits per heavy atom. The first-order valence-electron chi connectivity index (χ1n) is 5.20. The highest BCUT2D eigenvalue weighted by Gasteiger charge is 2.09. The Bertz CT molecular complexity index is 605. The number of aliphatic hydroxyl groups excluding tert-OH is 1. The monoisotopic (exact) mass is 262 g/mol. The standard InChI is InChI=1S/C13H10O2S2/c14-8-9-3-6-13(17-9)11-5-4-10(15-11)12-2-1-7-16-12/h1-7,14H,8H2. The van der Waals surface area contributed by atoms with E-state index in [9.17, 15) is 0 Å². The van der Waals surface area contributed by atoms with Crippen LogP contribution in [0.15, 0.2) is 46.2 Å². The first-order valence-corrected chi connectivity index (χ1v) is 6.90. The van der Waals surface area contributed by atoms with E-state index in [0.29, 0.717) is 0 Å². The molecule has 3 rings (SSSR count). The highest BCUT2D eigenvalue weighted by Crippen LogP contribution is 2.34. The van der Waals surface area contributed by atoms with Gasteiger partial charge in [0.15, 0.2) is 0 Å². The maximum Gasteiger partial charge on any atom is 0.144 e. The van der Waals surface area contributed by atoms with E-state index in [1.807, 2.05) is 41.8 Å². The lowest BCUT2D eigenvalue weighted by atomic mass is 10.3. The van der Waals surface area contributed by atoms with E-state index in [2.05, 4.69) is 0 Å². The minimum atomic E-state index is 0.0865. The van der Waals surface area contributed by atoms with Gasteiger partial charge < -0.3 is 9.52 Å². The molecule has 3 heterocycles. The van der Waals surface area contributed by atoms with E-state index in [4.69, 9.17) is 9.52 Å². The molecule has 0 radical (unpaired) electrons. The predicted molar refractivity (Wildman–Crippen MR) is 71.3 cm³/mol. The van der Waals surface area contributed by atoms with Gasteiger partial charge in [-0.25, -0.2) is 0 Å². The molecule has 0 fully saturated rings. The Morgan fingerprint density at radius 1 is 1.00 bits per heavy atom. The van der Waals surface area contributed by atoms with Gasteiger partial charge in [0.1, 0.15) is 11.5 Å². The van der Waals surface area contributed by atoms with E-state index < -0.39 is 0 Å². The molecule has 17 heavy (non-hydrogen) atoms. The van der Waals surface area contributed by atoms with Crippen molar-refractivity contribution in [2.24, 2.45) is 0 Å². The maximum absolute atomic E-state index is 9.03. The van der Waals surface area contributed by atoms with Crippen molar-refractivity contribution >= 4 is 22.7 Å². The summed E-state index contributed by atoms with van der Waals surface area (Å²) in [6.07, 6.45) is 0. The fraction of sp³-hybridized carbons (Fsp3) is 0.0769. The van der Waals surface area contributed by atoms with Crippen molar-refractivity contribution in [3.8, 4) is 21.3 Å². The molecule has 0 aliphatic carbocycles. The van der Waals surface area contributed by atoms with Crippen molar-refractivity contribution < 1.29 is 9.52 Å². The molecule has 0 aromatic carbocycles. The molecule has 1 N–H and O–H groups in total. The zero-order valence-corrected chi connectivity index (χ0v) is 10.6. The Hall–Kier alpha value is -1.36. The van der Waals surface area contributed by atoms with Gasteiger partial charge in [-0.15, -0.1) is 22.7 Å². The smallest absolute Gasteiger partial charge is 0.144 e. The Labute approximate surface area is 107 Å². The summed E-state index contributed by atoms with van der Waals surface area (Å²) in [7, 11) is 0. The minimum Gasteiger partial charge on any atom is -0.454 e. The maximum atomic E-state index is 9.03. The fourth-order valence-electron chi connectivity index (χ4n) is 1.62. The fourth-order valence-corrected chi connectivity index (χ4v) is 3.13. The lowest BCUT2D eigenvalue weighted by molar-refractivity contribution is 0.285. The molecule has 3 aromatic heterocycles. The van der Waals surface area contributed by atoms with Gasteiger partial charge in [-0.05, 0) is 35.7 Å². The molecule has 3 aromatic rings. The second-order valence-electron chi connectivity index (χ2n) is 3.57. The van der Waals surface area contributed by atoms with Crippen LogP contribution in [-0.2, 0) is 6.61 Å². The molecule has 0 amide bonds. The molecule has 0 spiro atoms. The van der Waals surface area contributed by atoms with E-state index >= 15 is 0 Å². The van der Waals surface area contributed by atoms with Crippen LogP contribution in [-0.4, -0.2) is 5.11 Å². The highest BCUT2D eigenvalue weighted by atomic mass is 32.1. The summed E-state index contributed by atoms with van der Waals surface area (Å²) in [4.78, 5) is 3.14. The summed E-state index contributed by atoms with van der Waals surface area (Å²) in [6.45, 7) is 0.0865. The highest BCUT2D eigenvalue weighted by molar-refractivity contribution is 7.15. The molecule has 4 heteroatoms. The van der Waals surface area contributed by atoms with Gasteiger partial charge in [0.05, 0.1) is 16.4 Å². The van der Waals surface area contributed by atoms with Crippen LogP contribution >= 0.6 is 22.7 Å². The molecule has 2 nitrogen and oxygen atoms in total. The van der Waals surface area contributed by atoms with Crippen LogP contribution in [0.25, 0.3) is 21.3 Å². The SMILES string of the molecule is OCc1ccc(-c2ccc(-c3cccs3)o2)s1. The summed E-state index contributed by atoms with van der Waals surface area (Å²) in [5.41, 5.74) is 0. The van der Waals surface area contributed by atoms with Crippen molar-refractivity contribution in [1.82, 2.24) is 0 Å². The van der Waals surface area contributed by atoms with E-state index in [0.717, 1.165) is 26.2 Å². The van der Waals surface area contributed by atoms with Gasteiger partial charge >= 0.3 is 0 Å². The number of hydrogen-bond acceptors (Lipinski definition) is 4. The van der Waals surface area contributed by atoms with E-state index in [1.165, 1.54) is 0 Å². The first-order chi connectivity index (χ1) is 8.36. The Balaban J connectivity index is 1.94. The molecule has 86 valence electrons. The first kappa shape index (κ1) is 10.8. The van der Waals surface area contributed by atoms with Gasteiger partial charge in [0.25, 0.3) is 0 Å². The average molecular weight is 262 g/mol. The molecular weight excluding hydrogens is 252 g/mol. The molecule has 0 saturated heterocycles. The summed E-state index contributed by atoms with van der Waals surface area (Å²) in [6, 6.07) is 11.9. The van der Waals surface area contributed by atoms with E-state index in [-0.39, 0.29) is 6.61 Å². The third-order valence-corrected chi connectivity index (χ3v) is 4.40. The Morgan fingerprint density at radius 3 is 2.47 bits per heavy atom. The third kappa shape index (κ3) is 2.07. The molecule has 0 aliphatic heterocycles. The van der Waals surface area contributed by atoms with Crippen LogP contribution in [0.3, 0.4) is 0 Å². The molecule has 0 atom stereocenters. The molecule has 0 bridgehead atoms. The number of rotatable bonds is 3. The van der Waals surface area contributed by atoms with Crippen LogP contribution in [0.2, 0.25) is 0 Å². The van der Waals surface area contributed by atoms with Crippen LogP contribution in [0.5, 0.6) is 0 Å². The van der Waals surface area contributed by atoms with Crippen molar-refractivity contribution in [3.63, 3.8) is 0 Å². The van der Waals surface area contributed by atoms with Crippen molar-refractivity contribution in [2.75, 3.05) is 0 Å². The van der Waals surface area contributed by atoms with Crippen molar-refractivity contribution in [2.45, 2.75) is 6.61 Å². The molecule has 0 aliphatic rings. The summed E-state index contributed by atoms with van der Waals surface area (Å²) < 4.78 is 5.81. The third-order valence-electron chi connectivity index (χ3n) is 2.43. The predicted octanol–water partition coefficient (Wildman–Crippen LogP) is 4.23. The van der Waals surface area contributed by atoms with Crippen LogP contribution in [0, 0.1) is 0 Å². The number of thiophene rings is 2. The topological polar surface area (TPSA) is 33.4 Å². The normalized spacial score (nSPS) is 10.9. The minimum absolute atomic E-state index is 0.0865. The Kier molecular flexibility index (Phi) is 2.84. The summed E-state index contributed by atoms with van der Waals surface area (Å²) in [5, 5.41) is 11.1. The quantitative estimate of drug-likeness (QED) is 0.766. The van der Waals surface area contributed by atoms with E-state index in [1.54, 1.807) is 22.7 Å². The largest absolute Gasteiger partial charge is 0.454 e. The molecular formula is C13H10O2S2. The number of aliphatic hydroxyl groups is 1. The molecule has 0 unspecified atom stereocenters. The average Bonchev–Trinajstić information content (AvgIpc) is 3.09. The zero-order chi connectivity index (χ0) is 11.7. The van der Waals surface area contributed by atoms with Gasteiger partial charge in [-0.3, -0.25) is 0 Å². The van der Waals surface area contributed by atoms with Crippen LogP contribution in [0.4, 0.5) is 0 Å². The van der Waals surface area contributed by atoms with Crippen molar-refractivity contribution in [3.05, 3.63) is 46.7 Å². The van der Waals surface area contributed by atoms with Gasteiger partial charge in [-0.2, -0.15) is 0 Å². The second kappa shape index (κ2) is 4.49. The van der Waals surface area contributed by atoms with Gasteiger partial charge in [-0.1, -0.05) is 6.07 Å². The summed E-state index contributed by atoms with van der Waals surface area (Å²) >= 11 is 3.22. The van der Waals surface area contributed by atoms with Crippen molar-refractivity contribution in [1.29, 1.82) is 0 Å². The number of furan rings is 1. The van der Waals surface area contributed by atoms with Gasteiger partial charge in [0.2, 0.25) is 0 Å². The number of hydrogen-bond donors (Lipinski definition) is 1. The van der Waals surface area contributed by atoms with Crippen LogP contribution < -0.4 is 0 Å². The zero-order valence-electron chi connectivity index (χ0n) is 8.92.